The van der Waals surface area contributed by atoms with Gasteiger partial charge in [-0.2, -0.15) is 0 Å². The Morgan fingerprint density at radius 3 is 2.59 bits per heavy atom. The van der Waals surface area contributed by atoms with Gasteiger partial charge in [-0.25, -0.2) is 0 Å². The number of amides is 1. The fourth-order valence-electron chi connectivity index (χ4n) is 2.29. The Bertz CT molecular complexity index is 414. The van der Waals surface area contributed by atoms with E-state index in [-0.39, 0.29) is 0 Å². The van der Waals surface area contributed by atoms with Crippen molar-refractivity contribution in [2.24, 2.45) is 5.73 Å². The molecule has 1 aromatic carbocycles. The predicted molar refractivity (Wildman–Crippen MR) is 70.5 cm³/mol. The minimum absolute atomic E-state index is 0.376. The van der Waals surface area contributed by atoms with Gasteiger partial charge in [0.2, 0.25) is 5.91 Å². The molecule has 0 aliphatic heterocycles. The molecule has 1 aromatic rings. The Hall–Kier alpha value is -1.22. The van der Waals surface area contributed by atoms with Crippen LogP contribution in [0.4, 0.5) is 5.69 Å². The number of anilines is 1. The number of benzene rings is 1. The molecule has 1 fully saturated rings. The van der Waals surface area contributed by atoms with Crippen molar-refractivity contribution in [1.29, 1.82) is 0 Å². The molecule has 0 aromatic heterocycles. The van der Waals surface area contributed by atoms with Crippen LogP contribution in [0.25, 0.3) is 0 Å². The van der Waals surface area contributed by atoms with Crippen molar-refractivity contribution in [3.63, 3.8) is 0 Å². The fourth-order valence-corrected chi connectivity index (χ4v) is 2.56. The SMILES string of the molecule is NC(=O)c1ccc(NC2CCCCC2)cc1Cl. The number of nitrogens with two attached hydrogens (primary N) is 1. The van der Waals surface area contributed by atoms with E-state index >= 15 is 0 Å². The predicted octanol–water partition coefficient (Wildman–Crippen LogP) is 3.18. The molecule has 1 aliphatic rings. The quantitative estimate of drug-likeness (QED) is 0.868. The van der Waals surface area contributed by atoms with Crippen molar-refractivity contribution in [3.8, 4) is 0 Å². The minimum atomic E-state index is -0.487. The number of hydrogen-bond donors (Lipinski definition) is 2. The largest absolute Gasteiger partial charge is 0.382 e. The zero-order valence-corrected chi connectivity index (χ0v) is 10.5. The summed E-state index contributed by atoms with van der Waals surface area (Å²) in [5, 5.41) is 3.87. The van der Waals surface area contributed by atoms with E-state index in [0.29, 0.717) is 16.6 Å². The van der Waals surface area contributed by atoms with Gasteiger partial charge in [-0.1, -0.05) is 30.9 Å². The first-order chi connectivity index (χ1) is 8.16. The van der Waals surface area contributed by atoms with Gasteiger partial charge in [-0.15, -0.1) is 0 Å². The standard InChI is InChI=1S/C13H17ClN2O/c14-12-8-10(6-7-11(12)13(15)17)16-9-4-2-1-3-5-9/h6-9,16H,1-5H2,(H2,15,17). The van der Waals surface area contributed by atoms with E-state index in [9.17, 15) is 4.79 Å². The van der Waals surface area contributed by atoms with E-state index in [1.165, 1.54) is 32.1 Å². The van der Waals surface area contributed by atoms with E-state index in [0.717, 1.165) is 5.69 Å². The zero-order chi connectivity index (χ0) is 12.3. The van der Waals surface area contributed by atoms with Crippen LogP contribution < -0.4 is 11.1 Å². The molecule has 1 saturated carbocycles. The summed E-state index contributed by atoms with van der Waals surface area (Å²) >= 11 is 6.00. The topological polar surface area (TPSA) is 55.1 Å². The molecule has 2 rings (SSSR count). The summed E-state index contributed by atoms with van der Waals surface area (Å²) in [4.78, 5) is 11.0. The Morgan fingerprint density at radius 2 is 2.00 bits per heavy atom. The molecule has 4 heteroatoms. The van der Waals surface area contributed by atoms with Crippen molar-refractivity contribution in [3.05, 3.63) is 28.8 Å². The maximum atomic E-state index is 11.0. The second-order valence-electron chi connectivity index (χ2n) is 4.54. The highest BCUT2D eigenvalue weighted by Crippen LogP contribution is 2.25. The smallest absolute Gasteiger partial charge is 0.250 e. The van der Waals surface area contributed by atoms with Crippen LogP contribution in [0.3, 0.4) is 0 Å². The number of halogens is 1. The average Bonchev–Trinajstić information content (AvgIpc) is 2.30. The summed E-state index contributed by atoms with van der Waals surface area (Å²) in [6, 6.07) is 5.84. The first-order valence-corrected chi connectivity index (χ1v) is 6.40. The molecule has 1 amide bonds. The van der Waals surface area contributed by atoms with E-state index in [1.54, 1.807) is 12.1 Å². The van der Waals surface area contributed by atoms with Gasteiger partial charge < -0.3 is 11.1 Å². The monoisotopic (exact) mass is 252 g/mol. The van der Waals surface area contributed by atoms with Gasteiger partial charge in [0.1, 0.15) is 0 Å². The fraction of sp³-hybridized carbons (Fsp3) is 0.462. The van der Waals surface area contributed by atoms with Crippen LogP contribution in [0.5, 0.6) is 0 Å². The Labute approximate surface area is 106 Å². The molecular weight excluding hydrogens is 236 g/mol. The normalized spacial score (nSPS) is 16.8. The van der Waals surface area contributed by atoms with Crippen LogP contribution in [0.15, 0.2) is 18.2 Å². The Morgan fingerprint density at radius 1 is 1.29 bits per heavy atom. The lowest BCUT2D eigenvalue weighted by molar-refractivity contribution is 0.100. The highest BCUT2D eigenvalue weighted by atomic mass is 35.5. The van der Waals surface area contributed by atoms with Gasteiger partial charge in [0.05, 0.1) is 10.6 Å². The maximum absolute atomic E-state index is 11.0. The third-order valence-corrected chi connectivity index (χ3v) is 3.52. The molecule has 0 atom stereocenters. The molecule has 92 valence electrons. The van der Waals surface area contributed by atoms with Gasteiger partial charge in [0, 0.05) is 11.7 Å². The van der Waals surface area contributed by atoms with Crippen molar-refractivity contribution in [2.45, 2.75) is 38.1 Å². The summed E-state index contributed by atoms with van der Waals surface area (Å²) < 4.78 is 0. The molecule has 0 heterocycles. The van der Waals surface area contributed by atoms with Crippen LogP contribution in [0.1, 0.15) is 42.5 Å². The Kier molecular flexibility index (Phi) is 3.89. The first-order valence-electron chi connectivity index (χ1n) is 6.02. The summed E-state index contributed by atoms with van der Waals surface area (Å²) in [6.07, 6.45) is 6.31. The summed E-state index contributed by atoms with van der Waals surface area (Å²) in [7, 11) is 0. The number of hydrogen-bond acceptors (Lipinski definition) is 2. The van der Waals surface area contributed by atoms with Gasteiger partial charge in [0.25, 0.3) is 0 Å². The molecule has 3 N–H and O–H groups in total. The third kappa shape index (κ3) is 3.13. The summed E-state index contributed by atoms with van der Waals surface area (Å²) in [5.74, 6) is -0.487. The molecule has 1 aliphatic carbocycles. The van der Waals surface area contributed by atoms with E-state index in [1.807, 2.05) is 6.07 Å². The first kappa shape index (κ1) is 12.2. The van der Waals surface area contributed by atoms with Crippen molar-refractivity contribution < 1.29 is 4.79 Å². The van der Waals surface area contributed by atoms with Crippen LogP contribution in [-0.2, 0) is 0 Å². The summed E-state index contributed by atoms with van der Waals surface area (Å²) in [6.45, 7) is 0. The van der Waals surface area contributed by atoms with Crippen LogP contribution >= 0.6 is 11.6 Å². The molecule has 0 bridgehead atoms. The minimum Gasteiger partial charge on any atom is -0.382 e. The summed E-state index contributed by atoms with van der Waals surface area (Å²) in [5.41, 5.74) is 6.55. The van der Waals surface area contributed by atoms with Gasteiger partial charge in [0.15, 0.2) is 0 Å². The Balaban J connectivity index is 2.06. The van der Waals surface area contributed by atoms with Crippen molar-refractivity contribution in [1.82, 2.24) is 0 Å². The van der Waals surface area contributed by atoms with Crippen molar-refractivity contribution >= 4 is 23.2 Å². The van der Waals surface area contributed by atoms with Gasteiger partial charge in [-0.05, 0) is 31.0 Å². The highest BCUT2D eigenvalue weighted by Gasteiger charge is 2.14. The van der Waals surface area contributed by atoms with Crippen LogP contribution in [0, 0.1) is 0 Å². The number of carbonyl (C=O) groups excluding carboxylic acids is 1. The molecule has 0 unspecified atom stereocenters. The number of nitrogens with one attached hydrogen (secondary N) is 1. The van der Waals surface area contributed by atoms with Crippen molar-refractivity contribution in [2.75, 3.05) is 5.32 Å². The lowest BCUT2D eigenvalue weighted by atomic mass is 9.95. The lowest BCUT2D eigenvalue weighted by Crippen LogP contribution is -2.22. The lowest BCUT2D eigenvalue weighted by Gasteiger charge is -2.24. The molecule has 0 radical (unpaired) electrons. The number of rotatable bonds is 3. The average molecular weight is 253 g/mol. The molecular formula is C13H17ClN2O. The number of carbonyl (C=O) groups is 1. The van der Waals surface area contributed by atoms with E-state index in [2.05, 4.69) is 5.32 Å². The molecule has 0 saturated heterocycles. The molecule has 3 nitrogen and oxygen atoms in total. The van der Waals surface area contributed by atoms with Gasteiger partial charge >= 0.3 is 0 Å². The van der Waals surface area contributed by atoms with Crippen LogP contribution in [-0.4, -0.2) is 11.9 Å². The maximum Gasteiger partial charge on any atom is 0.250 e. The third-order valence-electron chi connectivity index (χ3n) is 3.21. The second-order valence-corrected chi connectivity index (χ2v) is 4.95. The number of primary amides is 1. The highest BCUT2D eigenvalue weighted by molar-refractivity contribution is 6.34. The van der Waals surface area contributed by atoms with Gasteiger partial charge in [-0.3, -0.25) is 4.79 Å². The van der Waals surface area contributed by atoms with E-state index < -0.39 is 5.91 Å². The second kappa shape index (κ2) is 5.41. The molecule has 0 spiro atoms. The zero-order valence-electron chi connectivity index (χ0n) is 9.71. The van der Waals surface area contributed by atoms with Crippen LogP contribution in [0.2, 0.25) is 5.02 Å². The molecule has 17 heavy (non-hydrogen) atoms. The van der Waals surface area contributed by atoms with E-state index in [4.69, 9.17) is 17.3 Å².